The lowest BCUT2D eigenvalue weighted by Crippen LogP contribution is -2.49. The van der Waals surface area contributed by atoms with Crippen LogP contribution in [0, 0.1) is 11.6 Å². The number of rotatable bonds is 3. The summed E-state index contributed by atoms with van der Waals surface area (Å²) < 4.78 is 27.8. The van der Waals surface area contributed by atoms with E-state index in [1.54, 1.807) is 6.33 Å². The van der Waals surface area contributed by atoms with Crippen LogP contribution < -0.4 is 9.80 Å². The second kappa shape index (κ2) is 8.08. The van der Waals surface area contributed by atoms with Crippen molar-refractivity contribution in [2.75, 3.05) is 49.1 Å². The van der Waals surface area contributed by atoms with Gasteiger partial charge in [-0.05, 0) is 31.4 Å². The van der Waals surface area contributed by atoms with Crippen molar-refractivity contribution in [1.82, 2.24) is 14.9 Å². The molecule has 0 radical (unpaired) electrons. The molecule has 0 aliphatic carbocycles. The van der Waals surface area contributed by atoms with Crippen molar-refractivity contribution in [3.05, 3.63) is 47.8 Å². The molecule has 1 amide bonds. The number of piperidine rings is 1. The molecule has 0 N–H and O–H groups in total. The van der Waals surface area contributed by atoms with E-state index in [4.69, 9.17) is 0 Å². The maximum atomic E-state index is 13.9. The molecular weight excluding hydrogens is 364 g/mol. The first-order valence-corrected chi connectivity index (χ1v) is 9.69. The van der Waals surface area contributed by atoms with Crippen molar-refractivity contribution in [1.29, 1.82) is 0 Å². The SMILES string of the molecule is O=C(c1c(F)cccc1F)N1CCN(c2cc(N3CCCCC3)ncn2)CC1. The molecule has 0 saturated carbocycles. The number of benzene rings is 1. The zero-order valence-corrected chi connectivity index (χ0v) is 15.7. The van der Waals surface area contributed by atoms with E-state index in [1.807, 2.05) is 6.07 Å². The molecule has 6 nitrogen and oxygen atoms in total. The first-order valence-electron chi connectivity index (χ1n) is 9.69. The summed E-state index contributed by atoms with van der Waals surface area (Å²) in [6, 6.07) is 5.46. The Bertz CT molecular complexity index is 828. The number of carbonyl (C=O) groups is 1. The molecule has 0 atom stereocenters. The minimum absolute atomic E-state index is 0.385. The molecule has 8 heteroatoms. The maximum absolute atomic E-state index is 13.9. The average Bonchev–Trinajstić information content (AvgIpc) is 2.74. The summed E-state index contributed by atoms with van der Waals surface area (Å²) in [7, 11) is 0. The van der Waals surface area contributed by atoms with Gasteiger partial charge in [-0.2, -0.15) is 0 Å². The average molecular weight is 387 g/mol. The zero-order valence-electron chi connectivity index (χ0n) is 15.7. The number of hydrogen-bond donors (Lipinski definition) is 0. The summed E-state index contributed by atoms with van der Waals surface area (Å²) in [6.07, 6.45) is 5.18. The van der Waals surface area contributed by atoms with E-state index in [-0.39, 0.29) is 0 Å². The third-order valence-corrected chi connectivity index (χ3v) is 5.39. The molecule has 2 aliphatic heterocycles. The van der Waals surface area contributed by atoms with Crippen LogP contribution in [0.4, 0.5) is 20.4 Å². The van der Waals surface area contributed by atoms with Gasteiger partial charge < -0.3 is 14.7 Å². The second-order valence-electron chi connectivity index (χ2n) is 7.16. The highest BCUT2D eigenvalue weighted by molar-refractivity contribution is 5.95. The summed E-state index contributed by atoms with van der Waals surface area (Å²) >= 11 is 0. The summed E-state index contributed by atoms with van der Waals surface area (Å²) in [6.45, 7) is 3.89. The molecule has 4 rings (SSSR count). The predicted octanol–water partition coefficient (Wildman–Crippen LogP) is 2.71. The van der Waals surface area contributed by atoms with Crippen LogP contribution in [0.5, 0.6) is 0 Å². The number of amides is 1. The number of aromatic nitrogens is 2. The number of halogens is 2. The highest BCUT2D eigenvalue weighted by atomic mass is 19.1. The van der Waals surface area contributed by atoms with Crippen molar-refractivity contribution < 1.29 is 13.6 Å². The minimum Gasteiger partial charge on any atom is -0.356 e. The summed E-state index contributed by atoms with van der Waals surface area (Å²) in [5.74, 6) is -0.507. The molecule has 2 fully saturated rings. The highest BCUT2D eigenvalue weighted by Crippen LogP contribution is 2.23. The Balaban J connectivity index is 1.42. The number of piperazine rings is 1. The van der Waals surface area contributed by atoms with Gasteiger partial charge in [0.05, 0.1) is 0 Å². The van der Waals surface area contributed by atoms with Gasteiger partial charge in [-0.15, -0.1) is 0 Å². The lowest BCUT2D eigenvalue weighted by atomic mass is 10.1. The Kier molecular flexibility index (Phi) is 5.36. The lowest BCUT2D eigenvalue weighted by molar-refractivity contribution is 0.0736. The van der Waals surface area contributed by atoms with Crippen molar-refractivity contribution in [2.45, 2.75) is 19.3 Å². The fraction of sp³-hybridized carbons (Fsp3) is 0.450. The van der Waals surface area contributed by atoms with Crippen LogP contribution in [0.25, 0.3) is 0 Å². The molecule has 0 bridgehead atoms. The van der Waals surface area contributed by atoms with Gasteiger partial charge in [-0.1, -0.05) is 6.07 Å². The van der Waals surface area contributed by atoms with Crippen molar-refractivity contribution in [3.8, 4) is 0 Å². The van der Waals surface area contributed by atoms with E-state index in [0.29, 0.717) is 26.2 Å². The molecule has 148 valence electrons. The van der Waals surface area contributed by atoms with Crippen LogP contribution in [0.2, 0.25) is 0 Å². The minimum atomic E-state index is -0.825. The van der Waals surface area contributed by atoms with E-state index in [9.17, 15) is 13.6 Å². The predicted molar refractivity (Wildman–Crippen MR) is 103 cm³/mol. The second-order valence-corrected chi connectivity index (χ2v) is 7.16. The molecule has 2 saturated heterocycles. The lowest BCUT2D eigenvalue weighted by Gasteiger charge is -2.36. The first kappa shape index (κ1) is 18.6. The van der Waals surface area contributed by atoms with Crippen LogP contribution in [0.1, 0.15) is 29.6 Å². The maximum Gasteiger partial charge on any atom is 0.259 e. The van der Waals surface area contributed by atoms with Gasteiger partial charge in [0, 0.05) is 45.3 Å². The molecule has 1 aromatic carbocycles. The van der Waals surface area contributed by atoms with Crippen LogP contribution in [-0.4, -0.2) is 60.0 Å². The summed E-state index contributed by atoms with van der Waals surface area (Å²) in [4.78, 5) is 27.2. The molecule has 1 aromatic heterocycles. The van der Waals surface area contributed by atoms with Gasteiger partial charge in [0.25, 0.3) is 5.91 Å². The van der Waals surface area contributed by atoms with Crippen molar-refractivity contribution in [2.24, 2.45) is 0 Å². The molecule has 2 aromatic rings. The van der Waals surface area contributed by atoms with Gasteiger partial charge in [0.1, 0.15) is 35.2 Å². The first-order chi connectivity index (χ1) is 13.6. The van der Waals surface area contributed by atoms with E-state index in [2.05, 4.69) is 19.8 Å². The van der Waals surface area contributed by atoms with E-state index in [0.717, 1.165) is 36.9 Å². The molecule has 0 unspecified atom stereocenters. The van der Waals surface area contributed by atoms with Gasteiger partial charge in [-0.25, -0.2) is 18.7 Å². The van der Waals surface area contributed by atoms with Crippen LogP contribution in [0.15, 0.2) is 30.6 Å². The largest absolute Gasteiger partial charge is 0.356 e. The van der Waals surface area contributed by atoms with Crippen LogP contribution in [-0.2, 0) is 0 Å². The zero-order chi connectivity index (χ0) is 19.5. The summed E-state index contributed by atoms with van der Waals surface area (Å²) in [5, 5.41) is 0. The molecule has 2 aliphatic rings. The third kappa shape index (κ3) is 3.76. The standard InChI is InChI=1S/C20H23F2N5O/c21-15-5-4-6-16(22)19(15)20(28)27-11-9-26(10-12-27)18-13-17(23-14-24-18)25-7-2-1-3-8-25/h4-6,13-14H,1-3,7-12H2. The van der Waals surface area contributed by atoms with Gasteiger partial charge >= 0.3 is 0 Å². The molecule has 28 heavy (non-hydrogen) atoms. The van der Waals surface area contributed by atoms with E-state index >= 15 is 0 Å². The Morgan fingerprint density at radius 2 is 1.39 bits per heavy atom. The van der Waals surface area contributed by atoms with Gasteiger partial charge in [-0.3, -0.25) is 4.79 Å². The fourth-order valence-corrected chi connectivity index (χ4v) is 3.80. The molecule has 3 heterocycles. The Hall–Kier alpha value is -2.77. The quantitative estimate of drug-likeness (QED) is 0.811. The number of hydrogen-bond acceptors (Lipinski definition) is 5. The van der Waals surface area contributed by atoms with Crippen molar-refractivity contribution >= 4 is 17.5 Å². The van der Waals surface area contributed by atoms with Gasteiger partial charge in [0.2, 0.25) is 0 Å². The van der Waals surface area contributed by atoms with E-state index < -0.39 is 23.1 Å². The monoisotopic (exact) mass is 387 g/mol. The normalized spacial score (nSPS) is 17.7. The number of carbonyl (C=O) groups excluding carboxylic acids is 1. The molecule has 0 spiro atoms. The Labute approximate surface area is 162 Å². The van der Waals surface area contributed by atoms with Gasteiger partial charge in [0.15, 0.2) is 0 Å². The smallest absolute Gasteiger partial charge is 0.259 e. The number of anilines is 2. The number of nitrogens with zero attached hydrogens (tertiary/aromatic N) is 5. The topological polar surface area (TPSA) is 52.6 Å². The third-order valence-electron chi connectivity index (χ3n) is 5.39. The Morgan fingerprint density at radius 3 is 2.00 bits per heavy atom. The van der Waals surface area contributed by atoms with Crippen molar-refractivity contribution in [3.63, 3.8) is 0 Å². The fourth-order valence-electron chi connectivity index (χ4n) is 3.80. The summed E-state index contributed by atoms with van der Waals surface area (Å²) in [5.41, 5.74) is -0.481. The van der Waals surface area contributed by atoms with Crippen LogP contribution >= 0.6 is 0 Å². The van der Waals surface area contributed by atoms with Crippen LogP contribution in [0.3, 0.4) is 0 Å². The molecular formula is C20H23F2N5O. The van der Waals surface area contributed by atoms with E-state index in [1.165, 1.54) is 30.2 Å². The highest BCUT2D eigenvalue weighted by Gasteiger charge is 2.27. The Morgan fingerprint density at radius 1 is 0.821 bits per heavy atom.